The van der Waals surface area contributed by atoms with E-state index in [1.165, 1.54) is 0 Å². The zero-order valence-corrected chi connectivity index (χ0v) is 11.4. The highest BCUT2D eigenvalue weighted by molar-refractivity contribution is 6.32. The van der Waals surface area contributed by atoms with E-state index in [0.29, 0.717) is 0 Å². The Hall–Kier alpha value is -1.10. The molecule has 1 saturated heterocycles. The lowest BCUT2D eigenvalue weighted by atomic mass is 10.2. The first-order valence-electron chi connectivity index (χ1n) is 6.21. The lowest BCUT2D eigenvalue weighted by Crippen LogP contribution is -2.44. The van der Waals surface area contributed by atoms with Crippen molar-refractivity contribution in [2.45, 2.75) is 13.0 Å². The molecule has 0 spiro atoms. The van der Waals surface area contributed by atoms with Crippen LogP contribution in [-0.4, -0.2) is 41.5 Å². The van der Waals surface area contributed by atoms with Gasteiger partial charge in [0, 0.05) is 24.7 Å². The number of halogens is 1. The Labute approximate surface area is 111 Å². The van der Waals surface area contributed by atoms with Crippen LogP contribution in [0.4, 0.5) is 0 Å². The van der Waals surface area contributed by atoms with Gasteiger partial charge in [-0.2, -0.15) is 0 Å². The number of fused-ring (bicyclic) bond motifs is 1. The van der Waals surface area contributed by atoms with Crippen LogP contribution < -0.4 is 5.32 Å². The summed E-state index contributed by atoms with van der Waals surface area (Å²) in [6.07, 6.45) is 0. The minimum absolute atomic E-state index is 0.273. The zero-order chi connectivity index (χ0) is 12.7. The predicted molar refractivity (Wildman–Crippen MR) is 74.1 cm³/mol. The third-order valence-corrected chi connectivity index (χ3v) is 3.90. The standard InChI is InChI=1S/C13H17ClN4/c1-8-5-10-11(6-9(8)14)17-13(16-10)12-7-18(2)4-3-15-12/h5-6,12,15H,3-4,7H2,1-2H3,(H,16,17). The Bertz CT molecular complexity index is 539. The lowest BCUT2D eigenvalue weighted by Gasteiger charge is -2.29. The molecule has 1 aromatic heterocycles. The SMILES string of the molecule is Cc1cc2[nH]c(C3CN(C)CCN3)nc2cc1Cl. The first-order chi connectivity index (χ1) is 8.63. The van der Waals surface area contributed by atoms with Crippen LogP contribution in [-0.2, 0) is 0 Å². The van der Waals surface area contributed by atoms with Gasteiger partial charge in [-0.3, -0.25) is 0 Å². The number of H-pyrrole nitrogens is 1. The summed E-state index contributed by atoms with van der Waals surface area (Å²) in [4.78, 5) is 10.4. The second-order valence-electron chi connectivity index (χ2n) is 5.01. The van der Waals surface area contributed by atoms with E-state index in [1.54, 1.807) is 0 Å². The molecule has 0 radical (unpaired) electrons. The summed E-state index contributed by atoms with van der Waals surface area (Å²) in [6, 6.07) is 4.26. The van der Waals surface area contributed by atoms with Crippen LogP contribution in [0.1, 0.15) is 17.4 Å². The van der Waals surface area contributed by atoms with Gasteiger partial charge in [0.15, 0.2) is 0 Å². The zero-order valence-electron chi connectivity index (χ0n) is 10.6. The molecular weight excluding hydrogens is 248 g/mol. The molecule has 18 heavy (non-hydrogen) atoms. The van der Waals surface area contributed by atoms with Crippen molar-refractivity contribution in [2.24, 2.45) is 0 Å². The highest BCUT2D eigenvalue weighted by atomic mass is 35.5. The molecule has 96 valence electrons. The predicted octanol–water partition coefficient (Wildman–Crippen LogP) is 2.10. The largest absolute Gasteiger partial charge is 0.341 e. The summed E-state index contributed by atoms with van der Waals surface area (Å²) in [5, 5.41) is 4.26. The van der Waals surface area contributed by atoms with Crippen molar-refractivity contribution in [1.82, 2.24) is 20.2 Å². The minimum Gasteiger partial charge on any atom is -0.341 e. The molecule has 0 bridgehead atoms. The van der Waals surface area contributed by atoms with E-state index in [1.807, 2.05) is 13.0 Å². The van der Waals surface area contributed by atoms with Gasteiger partial charge in [-0.1, -0.05) is 11.6 Å². The van der Waals surface area contributed by atoms with Gasteiger partial charge in [0.1, 0.15) is 5.82 Å². The van der Waals surface area contributed by atoms with Gasteiger partial charge in [-0.05, 0) is 31.7 Å². The molecule has 2 N–H and O–H groups in total. The monoisotopic (exact) mass is 264 g/mol. The quantitative estimate of drug-likeness (QED) is 0.829. The number of likely N-dealkylation sites (N-methyl/N-ethyl adjacent to an activating group) is 1. The first-order valence-corrected chi connectivity index (χ1v) is 6.59. The number of benzene rings is 1. The summed E-state index contributed by atoms with van der Waals surface area (Å²) in [6.45, 7) is 5.07. The number of aromatic nitrogens is 2. The molecule has 1 aliphatic heterocycles. The van der Waals surface area contributed by atoms with Crippen molar-refractivity contribution >= 4 is 22.6 Å². The molecule has 3 rings (SSSR count). The average Bonchev–Trinajstić information content (AvgIpc) is 2.73. The second-order valence-corrected chi connectivity index (χ2v) is 5.42. The van der Waals surface area contributed by atoms with Gasteiger partial charge >= 0.3 is 0 Å². The lowest BCUT2D eigenvalue weighted by molar-refractivity contribution is 0.236. The van der Waals surface area contributed by atoms with E-state index in [0.717, 1.165) is 47.1 Å². The molecule has 5 heteroatoms. The number of imidazole rings is 1. The Kier molecular flexibility index (Phi) is 3.01. The van der Waals surface area contributed by atoms with Crippen LogP contribution in [0, 0.1) is 6.92 Å². The van der Waals surface area contributed by atoms with Gasteiger partial charge in [0.25, 0.3) is 0 Å². The molecule has 1 fully saturated rings. The number of nitrogens with zero attached hydrogens (tertiary/aromatic N) is 2. The van der Waals surface area contributed by atoms with E-state index in [-0.39, 0.29) is 6.04 Å². The van der Waals surface area contributed by atoms with E-state index in [4.69, 9.17) is 11.6 Å². The van der Waals surface area contributed by atoms with Crippen LogP contribution in [0.15, 0.2) is 12.1 Å². The molecule has 0 aliphatic carbocycles. The summed E-state index contributed by atoms with van der Waals surface area (Å²) >= 11 is 6.13. The van der Waals surface area contributed by atoms with Gasteiger partial charge in [0.05, 0.1) is 17.1 Å². The van der Waals surface area contributed by atoms with Gasteiger partial charge in [-0.25, -0.2) is 4.98 Å². The smallest absolute Gasteiger partial charge is 0.125 e. The van der Waals surface area contributed by atoms with E-state index in [9.17, 15) is 0 Å². The summed E-state index contributed by atoms with van der Waals surface area (Å²) < 4.78 is 0. The molecule has 1 unspecified atom stereocenters. The van der Waals surface area contributed by atoms with Crippen molar-refractivity contribution in [3.8, 4) is 0 Å². The van der Waals surface area contributed by atoms with Crippen LogP contribution in [0.5, 0.6) is 0 Å². The molecule has 1 atom stereocenters. The molecule has 2 aromatic rings. The maximum Gasteiger partial charge on any atom is 0.125 e. The Morgan fingerprint density at radius 2 is 2.28 bits per heavy atom. The highest BCUT2D eigenvalue weighted by Crippen LogP contribution is 2.24. The number of aryl methyl sites for hydroxylation is 1. The second kappa shape index (κ2) is 4.53. The van der Waals surface area contributed by atoms with Crippen LogP contribution >= 0.6 is 11.6 Å². The van der Waals surface area contributed by atoms with Gasteiger partial charge < -0.3 is 15.2 Å². The third kappa shape index (κ3) is 2.11. The van der Waals surface area contributed by atoms with Crippen molar-refractivity contribution in [2.75, 3.05) is 26.7 Å². The fraction of sp³-hybridized carbons (Fsp3) is 0.462. The van der Waals surface area contributed by atoms with Crippen LogP contribution in [0.2, 0.25) is 5.02 Å². The number of hydrogen-bond donors (Lipinski definition) is 2. The number of hydrogen-bond acceptors (Lipinski definition) is 3. The Morgan fingerprint density at radius 3 is 3.06 bits per heavy atom. The fourth-order valence-electron chi connectivity index (χ4n) is 2.40. The molecule has 1 aliphatic rings. The number of aromatic amines is 1. The van der Waals surface area contributed by atoms with Gasteiger partial charge in [0.2, 0.25) is 0 Å². The maximum absolute atomic E-state index is 6.13. The minimum atomic E-state index is 0.273. The number of nitrogens with one attached hydrogen (secondary N) is 2. The van der Waals surface area contributed by atoms with Crippen molar-refractivity contribution < 1.29 is 0 Å². The van der Waals surface area contributed by atoms with Crippen molar-refractivity contribution in [3.63, 3.8) is 0 Å². The van der Waals surface area contributed by atoms with Gasteiger partial charge in [-0.15, -0.1) is 0 Å². The normalized spacial score (nSPS) is 21.6. The van der Waals surface area contributed by atoms with Crippen molar-refractivity contribution in [3.05, 3.63) is 28.5 Å². The van der Waals surface area contributed by atoms with E-state index >= 15 is 0 Å². The van der Waals surface area contributed by atoms with Crippen molar-refractivity contribution in [1.29, 1.82) is 0 Å². The topological polar surface area (TPSA) is 44.0 Å². The van der Waals surface area contributed by atoms with E-state index in [2.05, 4.69) is 33.3 Å². The molecule has 2 heterocycles. The van der Waals surface area contributed by atoms with E-state index < -0.39 is 0 Å². The number of rotatable bonds is 1. The third-order valence-electron chi connectivity index (χ3n) is 3.49. The fourth-order valence-corrected chi connectivity index (χ4v) is 2.56. The van der Waals surface area contributed by atoms with Crippen LogP contribution in [0.3, 0.4) is 0 Å². The van der Waals surface area contributed by atoms with Crippen LogP contribution in [0.25, 0.3) is 11.0 Å². The molecular formula is C13H17ClN4. The molecule has 4 nitrogen and oxygen atoms in total. The molecule has 0 saturated carbocycles. The first kappa shape index (κ1) is 12.0. The maximum atomic E-state index is 6.13. The molecule has 1 aromatic carbocycles. The Balaban J connectivity index is 1.97. The Morgan fingerprint density at radius 1 is 1.44 bits per heavy atom. The summed E-state index contributed by atoms with van der Waals surface area (Å²) in [5.41, 5.74) is 3.07. The number of piperazine rings is 1. The molecule has 0 amide bonds. The summed E-state index contributed by atoms with van der Waals surface area (Å²) in [7, 11) is 2.14. The summed E-state index contributed by atoms with van der Waals surface area (Å²) in [5.74, 6) is 0.998. The highest BCUT2D eigenvalue weighted by Gasteiger charge is 2.21. The average molecular weight is 265 g/mol.